The Morgan fingerprint density at radius 2 is 1.26 bits per heavy atom. The van der Waals surface area contributed by atoms with Crippen molar-refractivity contribution in [2.24, 2.45) is 11.8 Å². The van der Waals surface area contributed by atoms with Gasteiger partial charge < -0.3 is 4.74 Å². The van der Waals surface area contributed by atoms with Gasteiger partial charge in [0.25, 0.3) is 0 Å². The number of nitro benzene ring substituents is 1. The van der Waals surface area contributed by atoms with Crippen molar-refractivity contribution >= 4 is 23.5 Å². The number of nitro groups is 1. The minimum Gasteiger partial charge on any atom is -0.419 e. The summed E-state index contributed by atoms with van der Waals surface area (Å²) in [7, 11) is 0. The lowest BCUT2D eigenvalue weighted by atomic mass is 9.55. The van der Waals surface area contributed by atoms with Crippen LogP contribution < -0.4 is 4.74 Å². The average molecular weight is 468 g/mol. The molecule has 0 spiro atoms. The lowest BCUT2D eigenvalue weighted by Gasteiger charge is -2.45. The molecule has 0 N–H and O–H groups in total. The van der Waals surface area contributed by atoms with E-state index in [0.29, 0.717) is 0 Å². The van der Waals surface area contributed by atoms with Crippen LogP contribution in [0, 0.1) is 22.0 Å². The Balaban J connectivity index is 1.26. The van der Waals surface area contributed by atoms with Crippen LogP contribution in [-0.4, -0.2) is 34.2 Å². The molecule has 1 saturated heterocycles. The maximum absolute atomic E-state index is 13.5. The van der Waals surface area contributed by atoms with Crippen LogP contribution in [0.5, 0.6) is 5.75 Å². The van der Waals surface area contributed by atoms with Crippen molar-refractivity contribution in [3.63, 3.8) is 0 Å². The van der Waals surface area contributed by atoms with E-state index >= 15 is 0 Å². The maximum atomic E-state index is 13.5. The minimum absolute atomic E-state index is 0.129. The zero-order valence-corrected chi connectivity index (χ0v) is 18.5. The molecule has 8 heteroatoms. The third kappa shape index (κ3) is 3.10. The van der Waals surface area contributed by atoms with Crippen molar-refractivity contribution in [1.29, 1.82) is 0 Å². The van der Waals surface area contributed by atoms with Crippen LogP contribution in [0.2, 0.25) is 0 Å². The average Bonchev–Trinajstić information content (AvgIpc) is 3.13. The molecule has 0 unspecified atom stereocenters. The molecule has 3 aromatic carbocycles. The van der Waals surface area contributed by atoms with Crippen molar-refractivity contribution in [2.75, 3.05) is 6.54 Å². The first kappa shape index (κ1) is 21.2. The number of carbonyl (C=O) groups is 3. The van der Waals surface area contributed by atoms with Crippen molar-refractivity contribution in [1.82, 2.24) is 4.90 Å². The second-order valence-corrected chi connectivity index (χ2v) is 9.04. The summed E-state index contributed by atoms with van der Waals surface area (Å²) in [4.78, 5) is 51.3. The molecule has 1 fully saturated rings. The van der Waals surface area contributed by atoms with Gasteiger partial charge in [-0.3, -0.25) is 29.4 Å². The molecule has 0 aromatic heterocycles. The largest absolute Gasteiger partial charge is 0.419 e. The molecule has 2 amide bonds. The quantitative estimate of drug-likeness (QED) is 0.185. The summed E-state index contributed by atoms with van der Waals surface area (Å²) < 4.78 is 5.18. The summed E-state index contributed by atoms with van der Waals surface area (Å²) in [5.74, 6) is -2.92. The molecule has 0 saturated carbocycles. The van der Waals surface area contributed by atoms with Gasteiger partial charge in [0.1, 0.15) is 0 Å². The third-order valence-electron chi connectivity index (χ3n) is 7.37. The second kappa shape index (κ2) is 7.87. The highest BCUT2D eigenvalue weighted by Crippen LogP contribution is 2.60. The van der Waals surface area contributed by atoms with Crippen LogP contribution >= 0.6 is 0 Å². The first-order chi connectivity index (χ1) is 17.0. The van der Waals surface area contributed by atoms with E-state index in [1.54, 1.807) is 0 Å². The number of benzene rings is 3. The Bertz CT molecular complexity index is 1300. The molecule has 2 bridgehead atoms. The highest BCUT2D eigenvalue weighted by molar-refractivity contribution is 6.07. The summed E-state index contributed by atoms with van der Waals surface area (Å²) in [5.41, 5.74) is 3.99. The first-order valence-electron chi connectivity index (χ1n) is 11.4. The van der Waals surface area contributed by atoms with E-state index in [-0.39, 0.29) is 48.1 Å². The van der Waals surface area contributed by atoms with Crippen LogP contribution in [0.1, 0.15) is 40.5 Å². The smallest absolute Gasteiger partial charge is 0.313 e. The minimum atomic E-state index is -0.746. The zero-order chi connectivity index (χ0) is 24.3. The highest BCUT2D eigenvalue weighted by atomic mass is 16.6. The van der Waals surface area contributed by atoms with E-state index in [9.17, 15) is 24.5 Å². The number of ether oxygens (including phenoxy) is 1. The first-order valence-corrected chi connectivity index (χ1v) is 11.4. The fourth-order valence-corrected chi connectivity index (χ4v) is 6.03. The van der Waals surface area contributed by atoms with E-state index < -0.39 is 22.7 Å². The summed E-state index contributed by atoms with van der Waals surface area (Å²) >= 11 is 0. The van der Waals surface area contributed by atoms with E-state index in [2.05, 4.69) is 0 Å². The number of likely N-dealkylation sites (tertiary alicyclic amines) is 1. The fraction of sp³-hybridized carbons (Fsp3) is 0.222. The standard InChI is InChI=1S/C27H20N2O6/c30-21(35-20-12-6-5-11-19(20)29(33)34)13-14-28-26(31)24-22-15-7-1-2-8-16(15)23(25(24)27(28)32)18-10-4-3-9-17(18)22/h1-12,22-25H,13-14H2/t22?,23?,24-,25-/m0/s1. The van der Waals surface area contributed by atoms with Crippen molar-refractivity contribution in [3.05, 3.63) is 105 Å². The zero-order valence-electron chi connectivity index (χ0n) is 18.5. The van der Waals surface area contributed by atoms with Gasteiger partial charge in [-0.05, 0) is 28.3 Å². The van der Waals surface area contributed by atoms with E-state index in [4.69, 9.17) is 4.74 Å². The van der Waals surface area contributed by atoms with Gasteiger partial charge in [-0.2, -0.15) is 0 Å². The summed E-state index contributed by atoms with van der Waals surface area (Å²) in [6.07, 6.45) is -0.252. The molecule has 2 atom stereocenters. The number of hydrogen-bond acceptors (Lipinski definition) is 6. The van der Waals surface area contributed by atoms with Gasteiger partial charge in [0.2, 0.25) is 17.6 Å². The highest BCUT2D eigenvalue weighted by Gasteiger charge is 2.61. The van der Waals surface area contributed by atoms with Gasteiger partial charge >= 0.3 is 11.7 Å². The van der Waals surface area contributed by atoms with Crippen molar-refractivity contribution < 1.29 is 24.0 Å². The van der Waals surface area contributed by atoms with Crippen LogP contribution in [0.4, 0.5) is 5.69 Å². The molecule has 0 radical (unpaired) electrons. The summed E-state index contributed by atoms with van der Waals surface area (Å²) in [6, 6.07) is 21.5. The number of carbonyl (C=O) groups excluding carboxylic acids is 3. The molecule has 174 valence electrons. The number of amides is 2. The van der Waals surface area contributed by atoms with Crippen molar-refractivity contribution in [3.8, 4) is 5.75 Å². The van der Waals surface area contributed by atoms with Crippen LogP contribution in [0.25, 0.3) is 0 Å². The summed E-state index contributed by atoms with van der Waals surface area (Å²) in [5, 5.41) is 11.2. The van der Waals surface area contributed by atoms with Crippen molar-refractivity contribution in [2.45, 2.75) is 18.3 Å². The summed E-state index contributed by atoms with van der Waals surface area (Å²) in [6.45, 7) is -0.129. The maximum Gasteiger partial charge on any atom is 0.313 e. The van der Waals surface area contributed by atoms with Gasteiger partial charge in [0.05, 0.1) is 23.2 Å². The molecule has 4 aliphatic rings. The topological polar surface area (TPSA) is 107 Å². The SMILES string of the molecule is O=C(CCN1C(=O)[C@H]2C3c4ccccc4C(c4ccccc43)[C@@H]2C1=O)Oc1ccccc1[N+](=O)[O-]. The van der Waals surface area contributed by atoms with Gasteiger partial charge in [-0.1, -0.05) is 60.7 Å². The molecular formula is C27H20N2O6. The lowest BCUT2D eigenvalue weighted by Crippen LogP contribution is -2.41. The molecule has 1 heterocycles. The molecule has 3 aromatic rings. The molecule has 35 heavy (non-hydrogen) atoms. The van der Waals surface area contributed by atoms with Gasteiger partial charge in [0.15, 0.2) is 0 Å². The monoisotopic (exact) mass is 468 g/mol. The second-order valence-electron chi connectivity index (χ2n) is 9.04. The number of para-hydroxylation sites is 2. The van der Waals surface area contributed by atoms with Gasteiger partial charge in [-0.25, -0.2) is 0 Å². The molecule has 8 nitrogen and oxygen atoms in total. The molecule has 1 aliphatic heterocycles. The predicted octanol–water partition coefficient (Wildman–Crippen LogP) is 3.78. The van der Waals surface area contributed by atoms with Crippen LogP contribution in [0.15, 0.2) is 72.8 Å². The Labute approximate surface area is 200 Å². The van der Waals surface area contributed by atoms with E-state index in [1.165, 1.54) is 29.2 Å². The Morgan fingerprint density at radius 3 is 1.74 bits per heavy atom. The number of imide groups is 1. The Kier molecular flexibility index (Phi) is 4.77. The number of nitrogens with zero attached hydrogens (tertiary/aromatic N) is 2. The van der Waals surface area contributed by atoms with Gasteiger partial charge in [-0.15, -0.1) is 0 Å². The molecule has 7 rings (SSSR count). The molecule has 3 aliphatic carbocycles. The number of esters is 1. The predicted molar refractivity (Wildman–Crippen MR) is 124 cm³/mol. The third-order valence-corrected chi connectivity index (χ3v) is 7.37. The number of rotatable bonds is 5. The van der Waals surface area contributed by atoms with Crippen LogP contribution in [0.3, 0.4) is 0 Å². The van der Waals surface area contributed by atoms with E-state index in [1.807, 2.05) is 48.5 Å². The fourth-order valence-electron chi connectivity index (χ4n) is 6.03. The van der Waals surface area contributed by atoms with Crippen LogP contribution in [-0.2, 0) is 14.4 Å². The van der Waals surface area contributed by atoms with Gasteiger partial charge in [0, 0.05) is 24.4 Å². The lowest BCUT2D eigenvalue weighted by molar-refractivity contribution is -0.385. The normalized spacial score (nSPS) is 23.5. The molecular weight excluding hydrogens is 448 g/mol. The van der Waals surface area contributed by atoms with E-state index in [0.717, 1.165) is 22.3 Å². The number of hydrogen-bond donors (Lipinski definition) is 0. The Hall–Kier alpha value is -4.33. The Morgan fingerprint density at radius 1 is 0.800 bits per heavy atom.